The number of benzene rings is 1. The van der Waals surface area contributed by atoms with E-state index in [1.165, 1.54) is 5.56 Å². The van der Waals surface area contributed by atoms with E-state index in [0.29, 0.717) is 4.64 Å². The van der Waals surface area contributed by atoms with Crippen molar-refractivity contribution >= 4 is 12.2 Å². The summed E-state index contributed by atoms with van der Waals surface area (Å²) < 4.78 is 2.33. The zero-order valence-electron chi connectivity index (χ0n) is 11.3. The van der Waals surface area contributed by atoms with Crippen LogP contribution in [-0.4, -0.2) is 19.7 Å². The maximum atomic E-state index is 5.26. The van der Waals surface area contributed by atoms with Crippen molar-refractivity contribution in [1.29, 1.82) is 0 Å². The fourth-order valence-corrected chi connectivity index (χ4v) is 2.23. The molecule has 2 aromatic heterocycles. The quantitative estimate of drug-likeness (QED) is 0.732. The maximum Gasteiger partial charge on any atom is 0.139 e. The first kappa shape index (κ1) is 12.7. The number of nitrogens with zero attached hydrogens (tertiary/aromatic N) is 3. The topological polar surface area (TPSA) is 46.5 Å². The monoisotopic (exact) mass is 282 g/mol. The third kappa shape index (κ3) is 2.53. The number of nitrogens with one attached hydrogen (secondary N) is 1. The molecule has 5 heteroatoms. The molecule has 1 N–H and O–H groups in total. The summed E-state index contributed by atoms with van der Waals surface area (Å²) in [5.41, 5.74) is 4.16. The Morgan fingerprint density at radius 1 is 1.15 bits per heavy atom. The molecule has 0 aliphatic rings. The summed E-state index contributed by atoms with van der Waals surface area (Å²) in [6.45, 7) is 2.06. The Bertz CT molecular complexity index is 799. The highest BCUT2D eigenvalue weighted by atomic mass is 32.1. The van der Waals surface area contributed by atoms with Crippen LogP contribution in [0.1, 0.15) is 5.56 Å². The number of H-pyrrole nitrogens is 1. The zero-order valence-corrected chi connectivity index (χ0v) is 12.1. The lowest BCUT2D eigenvalue weighted by molar-refractivity contribution is 0.768. The lowest BCUT2D eigenvalue weighted by Crippen LogP contribution is -1.92. The molecule has 0 spiro atoms. The molecule has 0 saturated carbocycles. The van der Waals surface area contributed by atoms with Gasteiger partial charge in [0.2, 0.25) is 0 Å². The Morgan fingerprint density at radius 2 is 1.90 bits per heavy atom. The normalized spacial score (nSPS) is 10.7. The molecule has 0 aliphatic carbocycles. The molecule has 0 aliphatic heterocycles. The lowest BCUT2D eigenvalue weighted by Gasteiger charge is -2.05. The van der Waals surface area contributed by atoms with E-state index in [4.69, 9.17) is 12.2 Å². The lowest BCUT2D eigenvalue weighted by atomic mass is 10.1. The number of aromatic nitrogens is 4. The third-order valence-corrected chi connectivity index (χ3v) is 3.29. The summed E-state index contributed by atoms with van der Waals surface area (Å²) in [5.74, 6) is 0.774. The number of hydrogen-bond donors (Lipinski definition) is 1. The number of hydrogen-bond acceptors (Lipinski definition) is 3. The van der Waals surface area contributed by atoms with Gasteiger partial charge in [0.1, 0.15) is 10.5 Å². The van der Waals surface area contributed by atoms with Gasteiger partial charge >= 0.3 is 0 Å². The minimum atomic E-state index is 0.568. The van der Waals surface area contributed by atoms with E-state index in [1.54, 1.807) is 10.9 Å². The molecule has 0 fully saturated rings. The van der Waals surface area contributed by atoms with Crippen LogP contribution in [0.25, 0.3) is 22.6 Å². The van der Waals surface area contributed by atoms with Gasteiger partial charge in [0, 0.05) is 24.4 Å². The van der Waals surface area contributed by atoms with Gasteiger partial charge in [-0.2, -0.15) is 5.10 Å². The van der Waals surface area contributed by atoms with Gasteiger partial charge in [-0.25, -0.2) is 4.98 Å². The highest BCUT2D eigenvalue weighted by Crippen LogP contribution is 2.21. The van der Waals surface area contributed by atoms with E-state index in [0.717, 1.165) is 22.6 Å². The van der Waals surface area contributed by atoms with Crippen LogP contribution in [0.2, 0.25) is 0 Å². The Labute approximate surface area is 122 Å². The van der Waals surface area contributed by atoms with Crippen LogP contribution in [0.3, 0.4) is 0 Å². The van der Waals surface area contributed by atoms with Gasteiger partial charge in [-0.1, -0.05) is 42.0 Å². The highest BCUT2D eigenvalue weighted by Gasteiger charge is 2.05. The van der Waals surface area contributed by atoms with Gasteiger partial charge in [-0.3, -0.25) is 4.68 Å². The summed E-state index contributed by atoms with van der Waals surface area (Å²) in [6, 6.07) is 10.0. The molecule has 0 unspecified atom stereocenters. The molecule has 3 rings (SSSR count). The minimum Gasteiger partial charge on any atom is -0.339 e. The predicted octanol–water partition coefficient (Wildman–Crippen LogP) is 3.52. The summed E-state index contributed by atoms with van der Waals surface area (Å²) in [6.07, 6.45) is 3.75. The van der Waals surface area contributed by atoms with E-state index >= 15 is 0 Å². The Hall–Kier alpha value is -2.27. The van der Waals surface area contributed by atoms with Crippen molar-refractivity contribution in [3.05, 3.63) is 52.9 Å². The molecule has 20 heavy (non-hydrogen) atoms. The standard InChI is InChI=1S/C15H14N4S/c1-10-3-5-11(6-4-10)15-17-13(7-14(20)18-15)12-8-16-19(2)9-12/h3-9H,1-2H3,(H,17,18,20). The Morgan fingerprint density at radius 3 is 2.55 bits per heavy atom. The molecular weight excluding hydrogens is 268 g/mol. The van der Waals surface area contributed by atoms with Crippen LogP contribution in [0.4, 0.5) is 0 Å². The first-order valence-electron chi connectivity index (χ1n) is 6.29. The van der Waals surface area contributed by atoms with E-state index in [1.807, 2.05) is 31.4 Å². The fraction of sp³-hybridized carbons (Fsp3) is 0.133. The van der Waals surface area contributed by atoms with Gasteiger partial charge in [0.25, 0.3) is 0 Å². The number of aryl methyl sites for hydroxylation is 2. The molecule has 0 amide bonds. The molecule has 1 aromatic carbocycles. The van der Waals surface area contributed by atoms with Crippen LogP contribution < -0.4 is 0 Å². The smallest absolute Gasteiger partial charge is 0.139 e. The average Bonchev–Trinajstić information content (AvgIpc) is 2.85. The van der Waals surface area contributed by atoms with Crippen molar-refractivity contribution in [3.63, 3.8) is 0 Å². The van der Waals surface area contributed by atoms with Crippen molar-refractivity contribution in [1.82, 2.24) is 19.7 Å². The van der Waals surface area contributed by atoms with Gasteiger partial charge in [-0.15, -0.1) is 0 Å². The van der Waals surface area contributed by atoms with Crippen LogP contribution in [0.5, 0.6) is 0 Å². The van der Waals surface area contributed by atoms with E-state index in [9.17, 15) is 0 Å². The molecule has 0 atom stereocenters. The second-order valence-corrected chi connectivity index (χ2v) is 5.17. The molecule has 0 bridgehead atoms. The van der Waals surface area contributed by atoms with Crippen molar-refractivity contribution in [3.8, 4) is 22.6 Å². The van der Waals surface area contributed by atoms with Crippen molar-refractivity contribution in [2.75, 3.05) is 0 Å². The first-order chi connectivity index (χ1) is 9.61. The van der Waals surface area contributed by atoms with Gasteiger partial charge in [0.15, 0.2) is 0 Å². The van der Waals surface area contributed by atoms with Gasteiger partial charge in [0.05, 0.1) is 11.9 Å². The largest absolute Gasteiger partial charge is 0.339 e. The second-order valence-electron chi connectivity index (χ2n) is 4.75. The summed E-state index contributed by atoms with van der Waals surface area (Å²) in [5, 5.41) is 4.18. The van der Waals surface area contributed by atoms with Crippen molar-refractivity contribution in [2.24, 2.45) is 7.05 Å². The van der Waals surface area contributed by atoms with E-state index < -0.39 is 0 Å². The van der Waals surface area contributed by atoms with Gasteiger partial charge in [-0.05, 0) is 13.0 Å². The van der Waals surface area contributed by atoms with Crippen LogP contribution >= 0.6 is 12.2 Å². The van der Waals surface area contributed by atoms with Crippen LogP contribution in [0.15, 0.2) is 42.7 Å². The molecule has 100 valence electrons. The van der Waals surface area contributed by atoms with Crippen LogP contribution in [-0.2, 0) is 7.05 Å². The van der Waals surface area contributed by atoms with Gasteiger partial charge < -0.3 is 4.98 Å². The fourth-order valence-electron chi connectivity index (χ4n) is 2.02. The second kappa shape index (κ2) is 5.02. The van der Waals surface area contributed by atoms with Crippen LogP contribution in [0, 0.1) is 11.6 Å². The Balaban J connectivity index is 2.11. The van der Waals surface area contributed by atoms with E-state index in [-0.39, 0.29) is 0 Å². The van der Waals surface area contributed by atoms with Crippen molar-refractivity contribution < 1.29 is 0 Å². The number of rotatable bonds is 2. The SMILES string of the molecule is Cc1ccc(-c2nc(=S)cc(-c3cnn(C)c3)[nH]2)cc1. The highest BCUT2D eigenvalue weighted by molar-refractivity contribution is 7.71. The molecule has 3 aromatic rings. The molecule has 4 nitrogen and oxygen atoms in total. The molecule has 0 radical (unpaired) electrons. The molecule has 2 heterocycles. The Kier molecular flexibility index (Phi) is 3.20. The predicted molar refractivity (Wildman–Crippen MR) is 81.8 cm³/mol. The third-order valence-electron chi connectivity index (χ3n) is 3.08. The minimum absolute atomic E-state index is 0.568. The van der Waals surface area contributed by atoms with Crippen molar-refractivity contribution in [2.45, 2.75) is 6.92 Å². The molecule has 0 saturated heterocycles. The maximum absolute atomic E-state index is 5.26. The summed E-state index contributed by atoms with van der Waals surface area (Å²) in [4.78, 5) is 7.72. The molecular formula is C15H14N4S. The van der Waals surface area contributed by atoms with E-state index in [2.05, 4.69) is 34.1 Å². The zero-order chi connectivity index (χ0) is 14.1. The first-order valence-corrected chi connectivity index (χ1v) is 6.70. The number of aromatic amines is 1. The summed E-state index contributed by atoms with van der Waals surface area (Å²) >= 11 is 5.26. The summed E-state index contributed by atoms with van der Waals surface area (Å²) in [7, 11) is 1.89. The average molecular weight is 282 g/mol.